The Balaban J connectivity index is 1.50. The van der Waals surface area contributed by atoms with Crippen LogP contribution in [-0.2, 0) is 5.60 Å². The Bertz CT molecular complexity index is 805. The predicted molar refractivity (Wildman–Crippen MR) is 106 cm³/mol. The molecule has 2 aromatic carbocycles. The Hall–Kier alpha value is -2.93. The molecule has 0 saturated heterocycles. The summed E-state index contributed by atoms with van der Waals surface area (Å²) in [5, 5.41) is 16.1. The maximum atomic E-state index is 12.2. The van der Waals surface area contributed by atoms with E-state index in [1.165, 1.54) is 0 Å². The molecule has 7 nitrogen and oxygen atoms in total. The Kier molecular flexibility index (Phi) is 6.26. The van der Waals surface area contributed by atoms with Crippen LogP contribution in [0.2, 0.25) is 0 Å². The first-order chi connectivity index (χ1) is 13.5. The number of aliphatic hydroxyl groups is 1. The van der Waals surface area contributed by atoms with Gasteiger partial charge in [0.15, 0.2) is 11.5 Å². The number of urea groups is 1. The number of anilines is 1. The van der Waals surface area contributed by atoms with E-state index >= 15 is 0 Å². The lowest BCUT2D eigenvalue weighted by Gasteiger charge is -2.24. The summed E-state index contributed by atoms with van der Waals surface area (Å²) in [6, 6.07) is 12.0. The fraction of sp³-hybridized carbons (Fsp3) is 0.381. The van der Waals surface area contributed by atoms with Crippen molar-refractivity contribution in [2.24, 2.45) is 0 Å². The number of benzene rings is 2. The molecule has 0 spiro atoms. The van der Waals surface area contributed by atoms with Crippen molar-refractivity contribution in [2.75, 3.05) is 25.3 Å². The summed E-state index contributed by atoms with van der Waals surface area (Å²) < 4.78 is 16.2. The SMILES string of the molecule is CCCCOc1ccc(NC(=O)NCC(C)(O)c2ccc3c(c2)OCO3)cc1. The minimum Gasteiger partial charge on any atom is -0.494 e. The fourth-order valence-corrected chi connectivity index (χ4v) is 2.73. The van der Waals surface area contributed by atoms with Crippen molar-refractivity contribution in [1.29, 1.82) is 0 Å². The smallest absolute Gasteiger partial charge is 0.319 e. The monoisotopic (exact) mass is 386 g/mol. The van der Waals surface area contributed by atoms with Crippen molar-refractivity contribution < 1.29 is 24.1 Å². The Morgan fingerprint density at radius 1 is 1.18 bits per heavy atom. The Morgan fingerprint density at radius 3 is 2.68 bits per heavy atom. The third-order valence-electron chi connectivity index (χ3n) is 4.47. The van der Waals surface area contributed by atoms with Crippen LogP contribution in [0.1, 0.15) is 32.3 Å². The highest BCUT2D eigenvalue weighted by atomic mass is 16.7. The molecule has 1 unspecified atom stereocenters. The summed E-state index contributed by atoms with van der Waals surface area (Å²) in [5.74, 6) is 2.00. The number of rotatable bonds is 8. The summed E-state index contributed by atoms with van der Waals surface area (Å²) in [7, 11) is 0. The molecule has 2 amide bonds. The van der Waals surface area contributed by atoms with Gasteiger partial charge < -0.3 is 30.0 Å². The maximum absolute atomic E-state index is 12.2. The predicted octanol–water partition coefficient (Wildman–Crippen LogP) is 3.62. The van der Waals surface area contributed by atoms with Crippen molar-refractivity contribution in [1.82, 2.24) is 5.32 Å². The number of hydrogen-bond acceptors (Lipinski definition) is 5. The van der Waals surface area contributed by atoms with Gasteiger partial charge in [-0.2, -0.15) is 0 Å². The average molecular weight is 386 g/mol. The molecule has 28 heavy (non-hydrogen) atoms. The molecule has 150 valence electrons. The van der Waals surface area contributed by atoms with Crippen LogP contribution >= 0.6 is 0 Å². The molecule has 0 aromatic heterocycles. The maximum Gasteiger partial charge on any atom is 0.319 e. The van der Waals surface area contributed by atoms with E-state index in [0.717, 1.165) is 18.6 Å². The zero-order valence-electron chi connectivity index (χ0n) is 16.2. The number of carbonyl (C=O) groups excluding carboxylic acids is 1. The summed E-state index contributed by atoms with van der Waals surface area (Å²) in [6.45, 7) is 4.63. The van der Waals surface area contributed by atoms with E-state index in [-0.39, 0.29) is 13.3 Å². The molecule has 0 radical (unpaired) electrons. The van der Waals surface area contributed by atoms with Crippen molar-refractivity contribution in [3.63, 3.8) is 0 Å². The van der Waals surface area contributed by atoms with E-state index in [9.17, 15) is 9.90 Å². The van der Waals surface area contributed by atoms with Crippen LogP contribution in [0.25, 0.3) is 0 Å². The van der Waals surface area contributed by atoms with Gasteiger partial charge in [0.2, 0.25) is 6.79 Å². The third-order valence-corrected chi connectivity index (χ3v) is 4.47. The van der Waals surface area contributed by atoms with Gasteiger partial charge in [-0.15, -0.1) is 0 Å². The van der Waals surface area contributed by atoms with Gasteiger partial charge in [0.25, 0.3) is 0 Å². The summed E-state index contributed by atoms with van der Waals surface area (Å²) >= 11 is 0. The van der Waals surface area contributed by atoms with E-state index in [2.05, 4.69) is 17.6 Å². The van der Waals surface area contributed by atoms with Gasteiger partial charge in [-0.3, -0.25) is 0 Å². The Morgan fingerprint density at radius 2 is 1.93 bits per heavy atom. The first kappa shape index (κ1) is 19.8. The molecule has 7 heteroatoms. The first-order valence-corrected chi connectivity index (χ1v) is 9.38. The van der Waals surface area contributed by atoms with Crippen LogP contribution in [0, 0.1) is 0 Å². The van der Waals surface area contributed by atoms with Gasteiger partial charge in [0.05, 0.1) is 13.2 Å². The lowest BCUT2D eigenvalue weighted by molar-refractivity contribution is 0.0597. The van der Waals surface area contributed by atoms with E-state index in [1.54, 1.807) is 37.3 Å². The van der Waals surface area contributed by atoms with Crippen LogP contribution in [0.3, 0.4) is 0 Å². The van der Waals surface area contributed by atoms with Crippen LogP contribution in [0.15, 0.2) is 42.5 Å². The summed E-state index contributed by atoms with van der Waals surface area (Å²) in [5.41, 5.74) is 0.0173. The third kappa shape index (κ3) is 5.07. The first-order valence-electron chi connectivity index (χ1n) is 9.38. The van der Waals surface area contributed by atoms with E-state index in [4.69, 9.17) is 14.2 Å². The number of carbonyl (C=O) groups is 1. The molecular weight excluding hydrogens is 360 g/mol. The van der Waals surface area contributed by atoms with Crippen molar-refractivity contribution in [3.05, 3.63) is 48.0 Å². The van der Waals surface area contributed by atoms with Crippen LogP contribution in [-0.4, -0.2) is 31.1 Å². The van der Waals surface area contributed by atoms with Crippen LogP contribution in [0.5, 0.6) is 17.2 Å². The molecule has 2 aromatic rings. The highest BCUT2D eigenvalue weighted by Crippen LogP contribution is 2.35. The minimum absolute atomic E-state index is 0.0384. The highest BCUT2D eigenvalue weighted by Gasteiger charge is 2.26. The average Bonchev–Trinajstić information content (AvgIpc) is 3.16. The van der Waals surface area contributed by atoms with Gasteiger partial charge in [-0.25, -0.2) is 4.79 Å². The van der Waals surface area contributed by atoms with E-state index in [0.29, 0.717) is 29.4 Å². The zero-order valence-corrected chi connectivity index (χ0v) is 16.2. The van der Waals surface area contributed by atoms with Crippen LogP contribution < -0.4 is 24.8 Å². The van der Waals surface area contributed by atoms with Gasteiger partial charge in [-0.05, 0) is 55.3 Å². The number of unbranched alkanes of at least 4 members (excludes halogenated alkanes) is 1. The molecule has 3 N–H and O–H groups in total. The van der Waals surface area contributed by atoms with Crippen molar-refractivity contribution in [3.8, 4) is 17.2 Å². The highest BCUT2D eigenvalue weighted by molar-refractivity contribution is 5.89. The number of ether oxygens (including phenoxy) is 3. The molecule has 0 bridgehead atoms. The second-order valence-electron chi connectivity index (χ2n) is 6.88. The van der Waals surface area contributed by atoms with Gasteiger partial charge in [0.1, 0.15) is 11.4 Å². The Labute approximate surface area is 164 Å². The van der Waals surface area contributed by atoms with Crippen LogP contribution in [0.4, 0.5) is 10.5 Å². The minimum atomic E-state index is -1.25. The number of nitrogens with one attached hydrogen (secondary N) is 2. The summed E-state index contributed by atoms with van der Waals surface area (Å²) in [4.78, 5) is 12.2. The second-order valence-corrected chi connectivity index (χ2v) is 6.88. The second kappa shape index (κ2) is 8.84. The molecule has 0 aliphatic carbocycles. The fourth-order valence-electron chi connectivity index (χ4n) is 2.73. The lowest BCUT2D eigenvalue weighted by Crippen LogP contribution is -2.40. The lowest BCUT2D eigenvalue weighted by atomic mass is 9.95. The zero-order chi connectivity index (χ0) is 20.0. The molecule has 0 saturated carbocycles. The van der Waals surface area contributed by atoms with E-state index in [1.807, 2.05) is 12.1 Å². The standard InChI is InChI=1S/C21H26N2O5/c1-3-4-11-26-17-8-6-16(7-9-17)23-20(24)22-13-21(2,25)15-5-10-18-19(12-15)28-14-27-18/h5-10,12,25H,3-4,11,13-14H2,1-2H3,(H2,22,23,24). The van der Waals surface area contributed by atoms with Gasteiger partial charge in [-0.1, -0.05) is 19.4 Å². The van der Waals surface area contributed by atoms with E-state index < -0.39 is 11.6 Å². The topological polar surface area (TPSA) is 89.1 Å². The summed E-state index contributed by atoms with van der Waals surface area (Å²) in [6.07, 6.45) is 2.08. The number of hydrogen-bond donors (Lipinski definition) is 3. The van der Waals surface area contributed by atoms with Gasteiger partial charge in [0, 0.05) is 5.69 Å². The molecule has 1 aliphatic rings. The number of fused-ring (bicyclic) bond motifs is 1. The van der Waals surface area contributed by atoms with Crippen molar-refractivity contribution in [2.45, 2.75) is 32.3 Å². The quantitative estimate of drug-likeness (QED) is 0.603. The molecule has 0 fully saturated rings. The molecule has 1 atom stereocenters. The molecule has 1 heterocycles. The molecule has 3 rings (SSSR count). The van der Waals surface area contributed by atoms with Crippen molar-refractivity contribution >= 4 is 11.7 Å². The molecule has 1 aliphatic heterocycles. The largest absolute Gasteiger partial charge is 0.494 e. The normalized spacial score (nSPS) is 14.2. The molecular formula is C21H26N2O5. The van der Waals surface area contributed by atoms with Gasteiger partial charge >= 0.3 is 6.03 Å². The number of amides is 2.